The summed E-state index contributed by atoms with van der Waals surface area (Å²) in [6, 6.07) is 0. The number of ether oxygens (including phenoxy) is 1. The minimum atomic E-state index is -0.735. The molecule has 0 radical (unpaired) electrons. The van der Waals surface area contributed by atoms with E-state index in [1.165, 1.54) is 6.92 Å². The largest absolute Gasteiger partial charge is 0.481 e. The van der Waals surface area contributed by atoms with Crippen LogP contribution in [0.1, 0.15) is 32.6 Å². The molecule has 2 aliphatic carbocycles. The van der Waals surface area contributed by atoms with Gasteiger partial charge in [-0.1, -0.05) is 0 Å². The second kappa shape index (κ2) is 3.83. The molecular weight excluding hydrogens is 196 g/mol. The number of esters is 1. The van der Waals surface area contributed by atoms with Gasteiger partial charge >= 0.3 is 11.9 Å². The van der Waals surface area contributed by atoms with Gasteiger partial charge in [0.15, 0.2) is 0 Å². The number of rotatable bonds is 2. The molecule has 2 fully saturated rings. The van der Waals surface area contributed by atoms with E-state index >= 15 is 0 Å². The van der Waals surface area contributed by atoms with Gasteiger partial charge in [-0.2, -0.15) is 0 Å². The monoisotopic (exact) mass is 212 g/mol. The molecule has 2 bridgehead atoms. The molecule has 2 rings (SSSR count). The zero-order valence-corrected chi connectivity index (χ0v) is 8.81. The molecule has 4 unspecified atom stereocenters. The van der Waals surface area contributed by atoms with Gasteiger partial charge < -0.3 is 9.84 Å². The summed E-state index contributed by atoms with van der Waals surface area (Å²) >= 11 is 0. The molecule has 0 aliphatic heterocycles. The van der Waals surface area contributed by atoms with Crippen molar-refractivity contribution in [1.82, 2.24) is 0 Å². The van der Waals surface area contributed by atoms with Crippen molar-refractivity contribution >= 4 is 11.9 Å². The fourth-order valence-corrected chi connectivity index (χ4v) is 3.08. The molecule has 84 valence electrons. The lowest BCUT2D eigenvalue weighted by molar-refractivity contribution is -0.155. The van der Waals surface area contributed by atoms with Crippen molar-refractivity contribution in [2.45, 2.75) is 38.7 Å². The third kappa shape index (κ3) is 1.98. The Bertz CT molecular complexity index is 286. The minimum absolute atomic E-state index is 0.0464. The third-order valence-electron chi connectivity index (χ3n) is 3.68. The molecule has 4 atom stereocenters. The summed E-state index contributed by atoms with van der Waals surface area (Å²) in [4.78, 5) is 21.9. The van der Waals surface area contributed by atoms with Crippen LogP contribution in [0.5, 0.6) is 0 Å². The Kier molecular flexibility index (Phi) is 2.67. The van der Waals surface area contributed by atoms with E-state index in [2.05, 4.69) is 0 Å². The minimum Gasteiger partial charge on any atom is -0.481 e. The molecule has 15 heavy (non-hydrogen) atoms. The van der Waals surface area contributed by atoms with Gasteiger partial charge in [0, 0.05) is 12.8 Å². The normalized spacial score (nSPS) is 38.7. The average Bonchev–Trinajstić information content (AvgIpc) is 2.49. The van der Waals surface area contributed by atoms with Crippen molar-refractivity contribution in [3.8, 4) is 0 Å². The van der Waals surface area contributed by atoms with E-state index in [1.807, 2.05) is 0 Å². The quantitative estimate of drug-likeness (QED) is 0.703. The summed E-state index contributed by atoms with van der Waals surface area (Å²) in [7, 11) is 0. The van der Waals surface area contributed by atoms with Crippen LogP contribution in [-0.4, -0.2) is 23.1 Å². The van der Waals surface area contributed by atoms with Crippen LogP contribution in [0.2, 0.25) is 0 Å². The molecule has 0 aromatic rings. The van der Waals surface area contributed by atoms with Crippen LogP contribution in [-0.2, 0) is 14.3 Å². The Morgan fingerprint density at radius 1 is 1.27 bits per heavy atom. The summed E-state index contributed by atoms with van der Waals surface area (Å²) in [6.45, 7) is 1.39. The van der Waals surface area contributed by atoms with Gasteiger partial charge in [-0.25, -0.2) is 0 Å². The zero-order valence-electron chi connectivity index (χ0n) is 8.81. The first-order chi connectivity index (χ1) is 7.08. The van der Waals surface area contributed by atoms with Gasteiger partial charge in [-0.15, -0.1) is 0 Å². The molecule has 0 saturated heterocycles. The number of carboxylic acids is 1. The average molecular weight is 212 g/mol. The van der Waals surface area contributed by atoms with Gasteiger partial charge in [0.2, 0.25) is 0 Å². The molecule has 0 aromatic carbocycles. The summed E-state index contributed by atoms with van der Waals surface area (Å²) in [6.07, 6.45) is 3.34. The van der Waals surface area contributed by atoms with Crippen molar-refractivity contribution in [3.05, 3.63) is 0 Å². The second-order valence-electron chi connectivity index (χ2n) is 4.67. The summed E-state index contributed by atoms with van der Waals surface area (Å²) in [5.41, 5.74) is 0. The summed E-state index contributed by atoms with van der Waals surface area (Å²) < 4.78 is 5.20. The van der Waals surface area contributed by atoms with E-state index in [-0.39, 0.29) is 23.9 Å². The molecule has 0 aromatic heterocycles. The molecule has 2 aliphatic rings. The predicted octanol–water partition coefficient (Wildman–Crippen LogP) is 1.44. The topological polar surface area (TPSA) is 63.6 Å². The standard InChI is InChI=1S/C11H16O4/c1-6(12)15-10-3-2-7-4-8(10)9(5-7)11(13)14/h7-10H,2-5H2,1H3,(H,13,14). The van der Waals surface area contributed by atoms with Crippen LogP contribution in [0.15, 0.2) is 0 Å². The number of aliphatic carboxylic acids is 1. The molecule has 2 saturated carbocycles. The van der Waals surface area contributed by atoms with Crippen molar-refractivity contribution in [2.24, 2.45) is 17.8 Å². The molecule has 1 N–H and O–H groups in total. The first kappa shape index (κ1) is 10.5. The maximum absolute atomic E-state index is 11.0. The van der Waals surface area contributed by atoms with E-state index in [4.69, 9.17) is 9.84 Å². The molecule has 4 nitrogen and oxygen atoms in total. The van der Waals surface area contributed by atoms with Crippen LogP contribution in [0.4, 0.5) is 0 Å². The van der Waals surface area contributed by atoms with Crippen molar-refractivity contribution in [1.29, 1.82) is 0 Å². The number of carboxylic acid groups (broad SMARTS) is 1. The molecular formula is C11H16O4. The van der Waals surface area contributed by atoms with Gasteiger partial charge in [-0.3, -0.25) is 9.59 Å². The maximum Gasteiger partial charge on any atom is 0.306 e. The smallest absolute Gasteiger partial charge is 0.306 e. The second-order valence-corrected chi connectivity index (χ2v) is 4.67. The van der Waals surface area contributed by atoms with Crippen molar-refractivity contribution < 1.29 is 19.4 Å². The van der Waals surface area contributed by atoms with Gasteiger partial charge in [0.05, 0.1) is 5.92 Å². The number of carbonyl (C=O) groups excluding carboxylic acids is 1. The van der Waals surface area contributed by atoms with Gasteiger partial charge in [0.25, 0.3) is 0 Å². The zero-order chi connectivity index (χ0) is 11.0. The highest BCUT2D eigenvalue weighted by Gasteiger charge is 2.47. The fourth-order valence-electron chi connectivity index (χ4n) is 3.08. The Balaban J connectivity index is 2.08. The molecule has 0 heterocycles. The van der Waals surface area contributed by atoms with E-state index < -0.39 is 5.97 Å². The number of hydrogen-bond acceptors (Lipinski definition) is 3. The van der Waals surface area contributed by atoms with E-state index in [1.54, 1.807) is 0 Å². The fraction of sp³-hybridized carbons (Fsp3) is 0.818. The van der Waals surface area contributed by atoms with E-state index in [9.17, 15) is 9.59 Å². The lowest BCUT2D eigenvalue weighted by Crippen LogP contribution is -2.33. The van der Waals surface area contributed by atoms with Crippen LogP contribution >= 0.6 is 0 Å². The number of hydrogen-bond donors (Lipinski definition) is 1. The Labute approximate surface area is 88.6 Å². The summed E-state index contributed by atoms with van der Waals surface area (Å²) in [5, 5.41) is 9.07. The highest BCUT2D eigenvalue weighted by molar-refractivity contribution is 5.71. The summed E-state index contributed by atoms with van der Waals surface area (Å²) in [5.74, 6) is -0.758. The van der Waals surface area contributed by atoms with Crippen molar-refractivity contribution in [3.63, 3.8) is 0 Å². The third-order valence-corrected chi connectivity index (χ3v) is 3.68. The number of fused-ring (bicyclic) bond motifs is 2. The van der Waals surface area contributed by atoms with Crippen LogP contribution < -0.4 is 0 Å². The van der Waals surface area contributed by atoms with E-state index in [0.717, 1.165) is 25.7 Å². The first-order valence-corrected chi connectivity index (χ1v) is 5.48. The SMILES string of the molecule is CC(=O)OC1CCC2CC(C(=O)O)C1C2. The Morgan fingerprint density at radius 2 is 2.00 bits per heavy atom. The van der Waals surface area contributed by atoms with Gasteiger partial charge in [-0.05, 0) is 31.6 Å². The highest BCUT2D eigenvalue weighted by Crippen LogP contribution is 2.47. The van der Waals surface area contributed by atoms with Crippen LogP contribution in [0, 0.1) is 17.8 Å². The van der Waals surface area contributed by atoms with Crippen molar-refractivity contribution in [2.75, 3.05) is 0 Å². The molecule has 0 amide bonds. The molecule has 0 spiro atoms. The lowest BCUT2D eigenvalue weighted by atomic mass is 9.84. The Hall–Kier alpha value is -1.06. The lowest BCUT2D eigenvalue weighted by Gasteiger charge is -2.29. The molecule has 4 heteroatoms. The Morgan fingerprint density at radius 3 is 2.60 bits per heavy atom. The highest BCUT2D eigenvalue weighted by atomic mass is 16.5. The number of carbonyl (C=O) groups is 2. The van der Waals surface area contributed by atoms with Crippen LogP contribution in [0.3, 0.4) is 0 Å². The maximum atomic E-state index is 11.0. The predicted molar refractivity (Wildman–Crippen MR) is 52.1 cm³/mol. The van der Waals surface area contributed by atoms with Crippen LogP contribution in [0.25, 0.3) is 0 Å². The van der Waals surface area contributed by atoms with E-state index in [0.29, 0.717) is 5.92 Å². The van der Waals surface area contributed by atoms with Gasteiger partial charge in [0.1, 0.15) is 6.10 Å². The first-order valence-electron chi connectivity index (χ1n) is 5.48.